The minimum atomic E-state index is 0.435. The maximum atomic E-state index is 3.63. The van der Waals surface area contributed by atoms with Gasteiger partial charge in [-0.25, -0.2) is 0 Å². The molecule has 0 aromatic rings. The fourth-order valence-corrected chi connectivity index (χ4v) is 2.53. The zero-order valence-corrected chi connectivity index (χ0v) is 9.84. The molecule has 2 atom stereocenters. The number of allylic oxidation sites excluding steroid dienone is 9. The van der Waals surface area contributed by atoms with Gasteiger partial charge in [-0.15, -0.1) is 0 Å². The highest BCUT2D eigenvalue weighted by atomic mass is 14.9. The van der Waals surface area contributed by atoms with Crippen molar-refractivity contribution in [3.63, 3.8) is 0 Å². The van der Waals surface area contributed by atoms with Crippen molar-refractivity contribution < 1.29 is 0 Å². The van der Waals surface area contributed by atoms with Gasteiger partial charge in [0.25, 0.3) is 0 Å². The summed E-state index contributed by atoms with van der Waals surface area (Å²) in [5.74, 6) is 0.565. The lowest BCUT2D eigenvalue weighted by molar-refractivity contribution is 0.655. The Morgan fingerprint density at radius 2 is 1.82 bits per heavy atom. The molecule has 0 saturated carbocycles. The lowest BCUT2D eigenvalue weighted by atomic mass is 9.86. The third-order valence-corrected chi connectivity index (χ3v) is 3.44. The molecule has 3 aliphatic carbocycles. The molecular formula is C16H17N. The van der Waals surface area contributed by atoms with Crippen molar-refractivity contribution in [2.75, 3.05) is 0 Å². The number of hydrogen-bond donors (Lipinski definition) is 1. The van der Waals surface area contributed by atoms with E-state index >= 15 is 0 Å². The molecular weight excluding hydrogens is 206 g/mol. The highest BCUT2D eigenvalue weighted by molar-refractivity contribution is 5.43. The van der Waals surface area contributed by atoms with Crippen LogP contribution in [0.5, 0.6) is 0 Å². The Labute approximate surface area is 103 Å². The van der Waals surface area contributed by atoms with Gasteiger partial charge in [-0.2, -0.15) is 0 Å². The van der Waals surface area contributed by atoms with E-state index in [9.17, 15) is 0 Å². The monoisotopic (exact) mass is 223 g/mol. The molecule has 0 saturated heterocycles. The average molecular weight is 223 g/mol. The third kappa shape index (κ3) is 2.19. The molecule has 3 aliphatic rings. The third-order valence-electron chi connectivity index (χ3n) is 3.44. The molecule has 3 rings (SSSR count). The Hall–Kier alpha value is -1.76. The summed E-state index contributed by atoms with van der Waals surface area (Å²) < 4.78 is 0. The molecule has 0 radical (unpaired) electrons. The van der Waals surface area contributed by atoms with Gasteiger partial charge in [0.2, 0.25) is 0 Å². The lowest BCUT2D eigenvalue weighted by Crippen LogP contribution is -2.29. The molecule has 0 spiro atoms. The van der Waals surface area contributed by atoms with Crippen molar-refractivity contribution in [2.45, 2.75) is 18.9 Å². The van der Waals surface area contributed by atoms with E-state index in [1.807, 2.05) is 0 Å². The summed E-state index contributed by atoms with van der Waals surface area (Å²) in [5, 5.41) is 3.63. The van der Waals surface area contributed by atoms with E-state index in [0.29, 0.717) is 12.0 Å². The highest BCUT2D eigenvalue weighted by Gasteiger charge is 2.18. The summed E-state index contributed by atoms with van der Waals surface area (Å²) in [4.78, 5) is 0. The predicted molar refractivity (Wildman–Crippen MR) is 72.4 cm³/mol. The first kappa shape index (κ1) is 10.4. The second-order valence-electron chi connectivity index (χ2n) is 4.66. The highest BCUT2D eigenvalue weighted by Crippen LogP contribution is 2.29. The van der Waals surface area contributed by atoms with Crippen molar-refractivity contribution >= 4 is 0 Å². The van der Waals surface area contributed by atoms with Gasteiger partial charge in [-0.3, -0.25) is 0 Å². The van der Waals surface area contributed by atoms with E-state index < -0.39 is 0 Å². The molecule has 0 fully saturated rings. The lowest BCUT2D eigenvalue weighted by Gasteiger charge is -2.26. The van der Waals surface area contributed by atoms with Gasteiger partial charge in [0.1, 0.15) is 0 Å². The standard InChI is InChI=1S/C16H17N/c1-2-9-14(10-3-1)17-16-12-6-8-13-7-4-5-11-15(13)16/h1-7,9,11-14,17H,8,10H2. The smallest absolute Gasteiger partial charge is 0.0482 e. The number of nitrogens with one attached hydrogen (secondary N) is 1. The maximum Gasteiger partial charge on any atom is 0.0482 e. The van der Waals surface area contributed by atoms with Crippen molar-refractivity contribution in [2.24, 2.45) is 5.92 Å². The minimum absolute atomic E-state index is 0.435. The van der Waals surface area contributed by atoms with Crippen LogP contribution >= 0.6 is 0 Å². The molecule has 17 heavy (non-hydrogen) atoms. The van der Waals surface area contributed by atoms with Crippen LogP contribution in [0.25, 0.3) is 0 Å². The fourth-order valence-electron chi connectivity index (χ4n) is 2.53. The van der Waals surface area contributed by atoms with E-state index in [4.69, 9.17) is 0 Å². The van der Waals surface area contributed by atoms with Crippen LogP contribution in [0, 0.1) is 5.92 Å². The molecule has 1 N–H and O–H groups in total. The fraction of sp³-hybridized carbons (Fsp3) is 0.250. The molecule has 86 valence electrons. The van der Waals surface area contributed by atoms with E-state index in [2.05, 4.69) is 66.1 Å². The summed E-state index contributed by atoms with van der Waals surface area (Å²) in [6.07, 6.45) is 24.2. The predicted octanol–water partition coefficient (Wildman–Crippen LogP) is 3.42. The summed E-state index contributed by atoms with van der Waals surface area (Å²) in [5.41, 5.74) is 2.71. The van der Waals surface area contributed by atoms with Gasteiger partial charge in [-0.05, 0) is 24.5 Å². The molecule has 0 bridgehead atoms. The molecule has 0 aliphatic heterocycles. The second-order valence-corrected chi connectivity index (χ2v) is 4.66. The summed E-state index contributed by atoms with van der Waals surface area (Å²) >= 11 is 0. The molecule has 0 heterocycles. The van der Waals surface area contributed by atoms with E-state index in [1.54, 1.807) is 0 Å². The van der Waals surface area contributed by atoms with Gasteiger partial charge in [-0.1, -0.05) is 54.7 Å². The Kier molecular flexibility index (Phi) is 2.83. The van der Waals surface area contributed by atoms with Crippen molar-refractivity contribution in [1.82, 2.24) is 5.32 Å². The Bertz CT molecular complexity index is 472. The summed E-state index contributed by atoms with van der Waals surface area (Å²) in [6, 6.07) is 0.435. The largest absolute Gasteiger partial charge is 0.378 e. The first-order valence-corrected chi connectivity index (χ1v) is 6.29. The average Bonchev–Trinajstić information content (AvgIpc) is 2.40. The van der Waals surface area contributed by atoms with Gasteiger partial charge in [0, 0.05) is 17.7 Å². The van der Waals surface area contributed by atoms with Crippen LogP contribution in [0.3, 0.4) is 0 Å². The topological polar surface area (TPSA) is 12.0 Å². The Morgan fingerprint density at radius 1 is 0.882 bits per heavy atom. The van der Waals surface area contributed by atoms with Crippen molar-refractivity contribution in [1.29, 1.82) is 0 Å². The van der Waals surface area contributed by atoms with Crippen molar-refractivity contribution in [3.05, 3.63) is 72.0 Å². The van der Waals surface area contributed by atoms with Crippen LogP contribution in [-0.2, 0) is 0 Å². The normalized spacial score (nSPS) is 29.6. The van der Waals surface area contributed by atoms with Crippen LogP contribution in [0.2, 0.25) is 0 Å². The molecule has 0 aromatic carbocycles. The molecule has 1 heteroatoms. The van der Waals surface area contributed by atoms with Gasteiger partial charge in [0.15, 0.2) is 0 Å². The quantitative estimate of drug-likeness (QED) is 0.756. The minimum Gasteiger partial charge on any atom is -0.378 e. The Balaban J connectivity index is 1.81. The zero-order valence-electron chi connectivity index (χ0n) is 9.84. The van der Waals surface area contributed by atoms with Gasteiger partial charge >= 0.3 is 0 Å². The summed E-state index contributed by atoms with van der Waals surface area (Å²) in [6.45, 7) is 0. The molecule has 2 unspecified atom stereocenters. The molecule has 0 amide bonds. The van der Waals surface area contributed by atoms with Gasteiger partial charge in [0.05, 0.1) is 0 Å². The number of rotatable bonds is 2. The van der Waals surface area contributed by atoms with Crippen LogP contribution < -0.4 is 5.32 Å². The van der Waals surface area contributed by atoms with Crippen LogP contribution in [-0.4, -0.2) is 6.04 Å². The van der Waals surface area contributed by atoms with E-state index in [0.717, 1.165) is 12.8 Å². The Morgan fingerprint density at radius 3 is 2.71 bits per heavy atom. The first-order chi connectivity index (χ1) is 8.43. The molecule has 0 aromatic heterocycles. The summed E-state index contributed by atoms with van der Waals surface area (Å²) in [7, 11) is 0. The maximum absolute atomic E-state index is 3.63. The van der Waals surface area contributed by atoms with E-state index in [1.165, 1.54) is 11.3 Å². The number of fused-ring (bicyclic) bond motifs is 1. The van der Waals surface area contributed by atoms with Crippen LogP contribution in [0.1, 0.15) is 12.8 Å². The first-order valence-electron chi connectivity index (χ1n) is 6.29. The number of hydrogen-bond acceptors (Lipinski definition) is 1. The van der Waals surface area contributed by atoms with Gasteiger partial charge < -0.3 is 5.32 Å². The van der Waals surface area contributed by atoms with E-state index in [-0.39, 0.29) is 0 Å². The van der Waals surface area contributed by atoms with Crippen LogP contribution in [0.4, 0.5) is 0 Å². The van der Waals surface area contributed by atoms with Crippen LogP contribution in [0.15, 0.2) is 72.0 Å². The zero-order chi connectivity index (χ0) is 11.5. The SMILES string of the molecule is C1=CCC(NC2=C3C=CC=CC3CC=C2)C=C1. The molecule has 1 nitrogen and oxygen atoms in total. The van der Waals surface area contributed by atoms with Crippen molar-refractivity contribution in [3.8, 4) is 0 Å². The second kappa shape index (κ2) is 4.62.